The van der Waals surface area contributed by atoms with E-state index in [1.165, 1.54) is 11.6 Å². The van der Waals surface area contributed by atoms with Crippen molar-refractivity contribution < 1.29 is 13.9 Å². The van der Waals surface area contributed by atoms with Gasteiger partial charge in [-0.1, -0.05) is 32.9 Å². The van der Waals surface area contributed by atoms with Crippen molar-refractivity contribution in [3.05, 3.63) is 60.1 Å². The highest BCUT2D eigenvalue weighted by Gasteiger charge is 2.12. The van der Waals surface area contributed by atoms with Crippen LogP contribution in [0, 0.1) is 0 Å². The second-order valence-electron chi connectivity index (χ2n) is 6.26. The van der Waals surface area contributed by atoms with Gasteiger partial charge in [0.25, 0.3) is 0 Å². The maximum Gasteiger partial charge on any atom is 0.244 e. The van der Waals surface area contributed by atoms with Gasteiger partial charge in [0.05, 0.1) is 12.8 Å². The molecule has 1 amide bonds. The Labute approximate surface area is 137 Å². The molecule has 1 N–H and O–H groups in total. The van der Waals surface area contributed by atoms with Crippen molar-refractivity contribution in [1.29, 1.82) is 0 Å². The predicted octanol–water partition coefficient (Wildman–Crippen LogP) is 3.79. The maximum absolute atomic E-state index is 11.6. The van der Waals surface area contributed by atoms with Crippen molar-refractivity contribution in [3.8, 4) is 5.75 Å². The van der Waals surface area contributed by atoms with Crippen molar-refractivity contribution in [1.82, 2.24) is 5.32 Å². The first-order valence-corrected chi connectivity index (χ1v) is 7.68. The summed E-state index contributed by atoms with van der Waals surface area (Å²) in [7, 11) is 0. The van der Waals surface area contributed by atoms with Gasteiger partial charge >= 0.3 is 0 Å². The molecule has 1 heterocycles. The zero-order chi connectivity index (χ0) is 16.7. The van der Waals surface area contributed by atoms with E-state index in [2.05, 4.69) is 38.2 Å². The molecule has 0 aliphatic heterocycles. The van der Waals surface area contributed by atoms with Crippen LogP contribution in [0.3, 0.4) is 0 Å². The van der Waals surface area contributed by atoms with Crippen LogP contribution in [-0.2, 0) is 10.2 Å². The summed E-state index contributed by atoms with van der Waals surface area (Å²) in [5.41, 5.74) is 1.40. The number of amides is 1. The Morgan fingerprint density at radius 1 is 1.22 bits per heavy atom. The molecule has 0 saturated carbocycles. The van der Waals surface area contributed by atoms with E-state index in [1.54, 1.807) is 24.5 Å². The number of ether oxygens (including phenoxy) is 1. The summed E-state index contributed by atoms with van der Waals surface area (Å²) < 4.78 is 10.7. The summed E-state index contributed by atoms with van der Waals surface area (Å²) in [6.07, 6.45) is 4.63. The van der Waals surface area contributed by atoms with Gasteiger partial charge < -0.3 is 14.5 Å². The molecule has 0 unspecified atom stereocenters. The van der Waals surface area contributed by atoms with Crippen LogP contribution in [0.4, 0.5) is 0 Å². The average molecular weight is 313 g/mol. The van der Waals surface area contributed by atoms with E-state index in [-0.39, 0.29) is 11.3 Å². The Bertz CT molecular complexity index is 634. The van der Waals surface area contributed by atoms with Crippen LogP contribution >= 0.6 is 0 Å². The van der Waals surface area contributed by atoms with E-state index in [0.717, 1.165) is 5.75 Å². The number of furan rings is 1. The van der Waals surface area contributed by atoms with Gasteiger partial charge in [-0.25, -0.2) is 0 Å². The van der Waals surface area contributed by atoms with Crippen molar-refractivity contribution in [3.63, 3.8) is 0 Å². The van der Waals surface area contributed by atoms with Crippen LogP contribution in [0.2, 0.25) is 0 Å². The number of nitrogens with one attached hydrogen (secondary N) is 1. The third-order valence-electron chi connectivity index (χ3n) is 3.33. The summed E-state index contributed by atoms with van der Waals surface area (Å²) in [6, 6.07) is 11.6. The molecule has 1 aromatic heterocycles. The number of carbonyl (C=O) groups is 1. The standard InChI is InChI=1S/C19H23NO3/c1-19(2,3)15-6-8-17(9-7-15)23-14-12-20-18(21)11-10-16-5-4-13-22-16/h4-11,13H,12,14H2,1-3H3,(H,20,21). The summed E-state index contributed by atoms with van der Waals surface area (Å²) >= 11 is 0. The fraction of sp³-hybridized carbons (Fsp3) is 0.316. The van der Waals surface area contributed by atoms with Crippen molar-refractivity contribution in [2.24, 2.45) is 0 Å². The molecule has 0 spiro atoms. The summed E-state index contributed by atoms with van der Waals surface area (Å²) in [6.45, 7) is 7.40. The Morgan fingerprint density at radius 3 is 2.57 bits per heavy atom. The first kappa shape index (κ1) is 16.9. The molecule has 0 atom stereocenters. The highest BCUT2D eigenvalue weighted by atomic mass is 16.5. The third kappa shape index (κ3) is 5.66. The lowest BCUT2D eigenvalue weighted by molar-refractivity contribution is -0.116. The molecule has 122 valence electrons. The molecule has 0 aliphatic carbocycles. The molecular formula is C19H23NO3. The molecule has 0 radical (unpaired) electrons. The van der Waals surface area contributed by atoms with Crippen LogP contribution in [-0.4, -0.2) is 19.1 Å². The third-order valence-corrected chi connectivity index (χ3v) is 3.33. The highest BCUT2D eigenvalue weighted by Crippen LogP contribution is 2.24. The predicted molar refractivity (Wildman–Crippen MR) is 91.4 cm³/mol. The Kier molecular flexibility index (Phi) is 5.63. The second-order valence-corrected chi connectivity index (χ2v) is 6.26. The molecule has 4 heteroatoms. The summed E-state index contributed by atoms with van der Waals surface area (Å²) in [5.74, 6) is 1.28. The lowest BCUT2D eigenvalue weighted by atomic mass is 9.87. The van der Waals surface area contributed by atoms with Gasteiger partial charge in [-0.2, -0.15) is 0 Å². The summed E-state index contributed by atoms with van der Waals surface area (Å²) in [5, 5.41) is 2.76. The van der Waals surface area contributed by atoms with Crippen molar-refractivity contribution >= 4 is 12.0 Å². The molecule has 4 nitrogen and oxygen atoms in total. The van der Waals surface area contributed by atoms with Gasteiger partial charge in [-0.15, -0.1) is 0 Å². The smallest absolute Gasteiger partial charge is 0.244 e. The van der Waals surface area contributed by atoms with Crippen molar-refractivity contribution in [2.75, 3.05) is 13.2 Å². The molecule has 0 fully saturated rings. The number of hydrogen-bond acceptors (Lipinski definition) is 3. The largest absolute Gasteiger partial charge is 0.492 e. The van der Waals surface area contributed by atoms with Crippen LogP contribution in [0.15, 0.2) is 53.2 Å². The zero-order valence-corrected chi connectivity index (χ0v) is 13.8. The molecule has 0 saturated heterocycles. The minimum Gasteiger partial charge on any atom is -0.492 e. The van der Waals surface area contributed by atoms with E-state index >= 15 is 0 Å². The maximum atomic E-state index is 11.6. The zero-order valence-electron chi connectivity index (χ0n) is 13.8. The average Bonchev–Trinajstić information content (AvgIpc) is 3.02. The Morgan fingerprint density at radius 2 is 1.96 bits per heavy atom. The minimum atomic E-state index is -0.173. The van der Waals surface area contributed by atoms with E-state index in [4.69, 9.17) is 9.15 Å². The molecular weight excluding hydrogens is 290 g/mol. The first-order chi connectivity index (χ1) is 10.9. The van der Waals surface area contributed by atoms with Gasteiger partial charge in [0.2, 0.25) is 5.91 Å². The summed E-state index contributed by atoms with van der Waals surface area (Å²) in [4.78, 5) is 11.6. The number of rotatable bonds is 6. The topological polar surface area (TPSA) is 51.5 Å². The van der Waals surface area contributed by atoms with Gasteiger partial charge in [0.15, 0.2) is 0 Å². The SMILES string of the molecule is CC(C)(C)c1ccc(OCCNC(=O)C=Cc2ccco2)cc1. The quantitative estimate of drug-likeness (QED) is 0.652. The molecule has 1 aromatic carbocycles. The van der Waals surface area contributed by atoms with Gasteiger partial charge in [-0.3, -0.25) is 4.79 Å². The van der Waals surface area contributed by atoms with E-state index in [0.29, 0.717) is 18.9 Å². The monoisotopic (exact) mass is 313 g/mol. The van der Waals surface area contributed by atoms with Crippen LogP contribution in [0.5, 0.6) is 5.75 Å². The fourth-order valence-electron chi connectivity index (χ4n) is 2.00. The van der Waals surface area contributed by atoms with Crippen LogP contribution < -0.4 is 10.1 Å². The van der Waals surface area contributed by atoms with E-state index in [1.807, 2.05) is 12.1 Å². The van der Waals surface area contributed by atoms with E-state index < -0.39 is 0 Å². The molecule has 23 heavy (non-hydrogen) atoms. The lowest BCUT2D eigenvalue weighted by Gasteiger charge is -2.19. The van der Waals surface area contributed by atoms with Crippen LogP contribution in [0.1, 0.15) is 32.1 Å². The fourth-order valence-corrected chi connectivity index (χ4v) is 2.00. The van der Waals surface area contributed by atoms with Gasteiger partial charge in [0, 0.05) is 6.08 Å². The van der Waals surface area contributed by atoms with Gasteiger partial charge in [0.1, 0.15) is 18.1 Å². The lowest BCUT2D eigenvalue weighted by Crippen LogP contribution is -2.26. The van der Waals surface area contributed by atoms with Crippen LogP contribution in [0.25, 0.3) is 6.08 Å². The highest BCUT2D eigenvalue weighted by molar-refractivity contribution is 5.91. The second kappa shape index (κ2) is 7.68. The number of benzene rings is 1. The Balaban J connectivity index is 1.70. The number of hydrogen-bond donors (Lipinski definition) is 1. The Hall–Kier alpha value is -2.49. The van der Waals surface area contributed by atoms with Crippen molar-refractivity contribution in [2.45, 2.75) is 26.2 Å². The normalized spacial score (nSPS) is 11.6. The van der Waals surface area contributed by atoms with Gasteiger partial charge in [-0.05, 0) is 41.3 Å². The van der Waals surface area contributed by atoms with E-state index in [9.17, 15) is 4.79 Å². The molecule has 2 rings (SSSR count). The molecule has 0 aliphatic rings. The minimum absolute atomic E-state index is 0.132. The molecule has 0 bridgehead atoms. The molecule has 2 aromatic rings. The number of carbonyl (C=O) groups excluding carboxylic acids is 1. The first-order valence-electron chi connectivity index (χ1n) is 7.68.